The SMILES string of the molecule is CCNC(=NCc1ccc(C(=O)NC)cc1)N(C)CCC1CCOCC1.I. The minimum atomic E-state index is -0.0683. The number of nitrogens with one attached hydrogen (secondary N) is 2. The number of nitrogens with zero attached hydrogens (tertiary/aromatic N) is 2. The number of amides is 1. The number of ether oxygens (including phenoxy) is 1. The summed E-state index contributed by atoms with van der Waals surface area (Å²) >= 11 is 0. The molecule has 27 heavy (non-hydrogen) atoms. The van der Waals surface area contributed by atoms with Gasteiger partial charge < -0.3 is 20.3 Å². The Morgan fingerprint density at radius 1 is 1.26 bits per heavy atom. The largest absolute Gasteiger partial charge is 0.381 e. The average Bonchev–Trinajstić information content (AvgIpc) is 2.70. The Bertz CT molecular complexity index is 586. The molecule has 2 rings (SSSR count). The minimum absolute atomic E-state index is 0. The van der Waals surface area contributed by atoms with E-state index in [4.69, 9.17) is 9.73 Å². The molecular formula is C20H33IN4O2. The predicted molar refractivity (Wildman–Crippen MR) is 121 cm³/mol. The fourth-order valence-corrected chi connectivity index (χ4v) is 3.06. The number of carbonyl (C=O) groups excluding carboxylic acids is 1. The Labute approximate surface area is 180 Å². The number of benzene rings is 1. The van der Waals surface area contributed by atoms with Crippen LogP contribution in [0.4, 0.5) is 0 Å². The highest BCUT2D eigenvalue weighted by atomic mass is 127. The van der Waals surface area contributed by atoms with Gasteiger partial charge in [-0.1, -0.05) is 12.1 Å². The van der Waals surface area contributed by atoms with Crippen LogP contribution in [0.5, 0.6) is 0 Å². The molecule has 1 aliphatic rings. The molecule has 1 amide bonds. The van der Waals surface area contributed by atoms with Crippen molar-refractivity contribution < 1.29 is 9.53 Å². The highest BCUT2D eigenvalue weighted by Crippen LogP contribution is 2.18. The van der Waals surface area contributed by atoms with Crippen molar-refractivity contribution in [2.24, 2.45) is 10.9 Å². The summed E-state index contributed by atoms with van der Waals surface area (Å²) in [6, 6.07) is 7.59. The Morgan fingerprint density at radius 2 is 1.93 bits per heavy atom. The summed E-state index contributed by atoms with van der Waals surface area (Å²) in [6.45, 7) is 6.31. The molecule has 2 N–H and O–H groups in total. The van der Waals surface area contributed by atoms with E-state index < -0.39 is 0 Å². The van der Waals surface area contributed by atoms with Crippen molar-refractivity contribution >= 4 is 35.8 Å². The van der Waals surface area contributed by atoms with E-state index in [9.17, 15) is 4.79 Å². The average molecular weight is 488 g/mol. The maximum Gasteiger partial charge on any atom is 0.251 e. The fraction of sp³-hybridized carbons (Fsp3) is 0.600. The highest BCUT2D eigenvalue weighted by molar-refractivity contribution is 14.0. The lowest BCUT2D eigenvalue weighted by Crippen LogP contribution is -2.40. The molecule has 1 aromatic rings. The van der Waals surface area contributed by atoms with Gasteiger partial charge >= 0.3 is 0 Å². The molecule has 0 saturated carbocycles. The van der Waals surface area contributed by atoms with Crippen LogP contribution in [0.3, 0.4) is 0 Å². The van der Waals surface area contributed by atoms with E-state index in [1.165, 1.54) is 19.3 Å². The lowest BCUT2D eigenvalue weighted by Gasteiger charge is -2.26. The first kappa shape index (κ1) is 23.7. The molecule has 152 valence electrons. The van der Waals surface area contributed by atoms with Crippen LogP contribution in [-0.4, -0.2) is 57.2 Å². The molecule has 0 spiro atoms. The van der Waals surface area contributed by atoms with Gasteiger partial charge in [0.2, 0.25) is 0 Å². The molecule has 7 heteroatoms. The third-order valence-corrected chi connectivity index (χ3v) is 4.76. The number of carbonyl (C=O) groups is 1. The van der Waals surface area contributed by atoms with Gasteiger partial charge in [0.25, 0.3) is 5.91 Å². The van der Waals surface area contributed by atoms with E-state index in [-0.39, 0.29) is 29.9 Å². The minimum Gasteiger partial charge on any atom is -0.381 e. The van der Waals surface area contributed by atoms with Gasteiger partial charge in [0, 0.05) is 46.0 Å². The lowest BCUT2D eigenvalue weighted by molar-refractivity contribution is 0.0625. The Hall–Kier alpha value is -1.35. The normalized spacial score (nSPS) is 15.0. The summed E-state index contributed by atoms with van der Waals surface area (Å²) in [5.41, 5.74) is 1.76. The second kappa shape index (κ2) is 12.9. The van der Waals surface area contributed by atoms with E-state index in [0.29, 0.717) is 12.1 Å². The number of hydrogen-bond donors (Lipinski definition) is 2. The van der Waals surface area contributed by atoms with Crippen LogP contribution in [-0.2, 0) is 11.3 Å². The predicted octanol–water partition coefficient (Wildman–Crippen LogP) is 2.88. The number of aliphatic imine (C=N–C) groups is 1. The molecule has 0 aromatic heterocycles. The second-order valence-corrected chi connectivity index (χ2v) is 6.71. The summed E-state index contributed by atoms with van der Waals surface area (Å²) in [4.78, 5) is 18.6. The van der Waals surface area contributed by atoms with Gasteiger partial charge in [-0.2, -0.15) is 0 Å². The molecule has 1 saturated heterocycles. The summed E-state index contributed by atoms with van der Waals surface area (Å²) in [7, 11) is 3.73. The van der Waals surface area contributed by atoms with Crippen LogP contribution in [0.1, 0.15) is 42.1 Å². The number of halogens is 1. The van der Waals surface area contributed by atoms with E-state index in [0.717, 1.165) is 43.7 Å². The van der Waals surface area contributed by atoms with Crippen LogP contribution in [0, 0.1) is 5.92 Å². The first-order valence-electron chi connectivity index (χ1n) is 9.52. The quantitative estimate of drug-likeness (QED) is 0.352. The summed E-state index contributed by atoms with van der Waals surface area (Å²) in [5.74, 6) is 1.61. The van der Waals surface area contributed by atoms with Gasteiger partial charge in [-0.25, -0.2) is 4.99 Å². The van der Waals surface area contributed by atoms with Crippen LogP contribution in [0.15, 0.2) is 29.3 Å². The van der Waals surface area contributed by atoms with Gasteiger partial charge in [-0.05, 0) is 49.8 Å². The summed E-state index contributed by atoms with van der Waals surface area (Å²) in [6.07, 6.45) is 3.50. The standard InChI is InChI=1S/C20H32N4O2.HI/c1-4-22-20(24(3)12-9-16-10-13-26-14-11-16)23-15-17-5-7-18(8-6-17)19(25)21-2;/h5-8,16H,4,9-15H2,1-3H3,(H,21,25)(H,22,23);1H. The molecule has 1 heterocycles. The number of rotatable bonds is 7. The molecule has 0 atom stereocenters. The van der Waals surface area contributed by atoms with Crippen molar-refractivity contribution in [1.29, 1.82) is 0 Å². The maximum atomic E-state index is 11.6. The third kappa shape index (κ3) is 8.04. The Balaban J connectivity index is 0.00000364. The van der Waals surface area contributed by atoms with Crippen molar-refractivity contribution in [2.75, 3.05) is 40.4 Å². The molecule has 0 aliphatic carbocycles. The maximum absolute atomic E-state index is 11.6. The highest BCUT2D eigenvalue weighted by Gasteiger charge is 2.15. The number of hydrogen-bond acceptors (Lipinski definition) is 3. The zero-order valence-electron chi connectivity index (χ0n) is 16.7. The number of guanidine groups is 1. The Kier molecular flexibility index (Phi) is 11.3. The van der Waals surface area contributed by atoms with Crippen LogP contribution < -0.4 is 10.6 Å². The van der Waals surface area contributed by atoms with Crippen LogP contribution in [0.2, 0.25) is 0 Å². The summed E-state index contributed by atoms with van der Waals surface area (Å²) < 4.78 is 5.44. The van der Waals surface area contributed by atoms with E-state index in [1.54, 1.807) is 7.05 Å². The zero-order valence-corrected chi connectivity index (χ0v) is 19.0. The van der Waals surface area contributed by atoms with Gasteiger partial charge in [0.05, 0.1) is 6.54 Å². The van der Waals surface area contributed by atoms with Crippen molar-refractivity contribution in [2.45, 2.75) is 32.7 Å². The third-order valence-electron chi connectivity index (χ3n) is 4.76. The van der Waals surface area contributed by atoms with Crippen molar-refractivity contribution in [1.82, 2.24) is 15.5 Å². The fourth-order valence-electron chi connectivity index (χ4n) is 3.06. The molecule has 1 aromatic carbocycles. The van der Waals surface area contributed by atoms with Gasteiger partial charge in [-0.3, -0.25) is 4.79 Å². The molecule has 0 bridgehead atoms. The van der Waals surface area contributed by atoms with Gasteiger partial charge in [-0.15, -0.1) is 24.0 Å². The smallest absolute Gasteiger partial charge is 0.251 e. The van der Waals surface area contributed by atoms with Gasteiger partial charge in [0.1, 0.15) is 0 Å². The van der Waals surface area contributed by atoms with E-state index in [1.807, 2.05) is 24.3 Å². The monoisotopic (exact) mass is 488 g/mol. The topological polar surface area (TPSA) is 66.0 Å². The Morgan fingerprint density at radius 3 is 2.52 bits per heavy atom. The van der Waals surface area contributed by atoms with E-state index >= 15 is 0 Å². The van der Waals surface area contributed by atoms with Crippen molar-refractivity contribution in [3.05, 3.63) is 35.4 Å². The molecule has 0 unspecified atom stereocenters. The van der Waals surface area contributed by atoms with E-state index in [2.05, 4.69) is 29.5 Å². The molecular weight excluding hydrogens is 455 g/mol. The van der Waals surface area contributed by atoms with Crippen molar-refractivity contribution in [3.63, 3.8) is 0 Å². The lowest BCUT2D eigenvalue weighted by atomic mass is 9.96. The van der Waals surface area contributed by atoms with Crippen LogP contribution in [0.25, 0.3) is 0 Å². The molecule has 1 fully saturated rings. The molecule has 6 nitrogen and oxygen atoms in total. The molecule has 1 aliphatic heterocycles. The van der Waals surface area contributed by atoms with Crippen LogP contribution >= 0.6 is 24.0 Å². The summed E-state index contributed by atoms with van der Waals surface area (Å²) in [5, 5.41) is 6.00. The van der Waals surface area contributed by atoms with Gasteiger partial charge in [0.15, 0.2) is 5.96 Å². The zero-order chi connectivity index (χ0) is 18.8. The second-order valence-electron chi connectivity index (χ2n) is 6.71. The first-order valence-corrected chi connectivity index (χ1v) is 9.52. The van der Waals surface area contributed by atoms with Crippen molar-refractivity contribution in [3.8, 4) is 0 Å². The molecule has 0 radical (unpaired) electrons. The first-order chi connectivity index (χ1) is 12.6.